The quantitative estimate of drug-likeness (QED) is 0.728. The van der Waals surface area contributed by atoms with Crippen LogP contribution in [0.25, 0.3) is 0 Å². The van der Waals surface area contributed by atoms with Crippen molar-refractivity contribution in [3.05, 3.63) is 22.3 Å². The van der Waals surface area contributed by atoms with Crippen molar-refractivity contribution in [2.75, 3.05) is 6.54 Å². The van der Waals surface area contributed by atoms with Gasteiger partial charge in [0.15, 0.2) is 0 Å². The second-order valence-electron chi connectivity index (χ2n) is 3.97. The molecule has 76 valence electrons. The maximum absolute atomic E-state index is 3.42. The van der Waals surface area contributed by atoms with E-state index in [4.69, 9.17) is 0 Å². The van der Waals surface area contributed by atoms with Crippen molar-refractivity contribution < 1.29 is 20.0 Å². The number of rotatable bonds is 3. The van der Waals surface area contributed by atoms with Crippen molar-refractivity contribution in [2.45, 2.75) is 34.6 Å². The molecule has 0 bridgehead atoms. The van der Waals surface area contributed by atoms with Crippen LogP contribution in [0.1, 0.15) is 34.6 Å². The Morgan fingerprint density at radius 1 is 1.29 bits per heavy atom. The summed E-state index contributed by atoms with van der Waals surface area (Å²) >= 11 is 2.19. The molecule has 1 aliphatic carbocycles. The van der Waals surface area contributed by atoms with Gasteiger partial charge >= 0.3 is 98.6 Å². The van der Waals surface area contributed by atoms with Gasteiger partial charge in [0.05, 0.1) is 0 Å². The molecule has 1 unspecified atom stereocenters. The molecule has 0 radical (unpaired) electrons. The Kier molecular flexibility index (Phi) is 4.06. The van der Waals surface area contributed by atoms with E-state index in [2.05, 4.69) is 59.9 Å². The van der Waals surface area contributed by atoms with Crippen LogP contribution in [-0.2, 0) is 20.0 Å². The summed E-state index contributed by atoms with van der Waals surface area (Å²) in [5.74, 6) is 0.592. The number of allylic oxidation sites excluding steroid dienone is 3. The van der Waals surface area contributed by atoms with Crippen molar-refractivity contribution in [2.24, 2.45) is 5.92 Å². The first-order chi connectivity index (χ1) is 6.50. The second-order valence-corrected chi connectivity index (χ2v) is 4.75. The summed E-state index contributed by atoms with van der Waals surface area (Å²) < 4.78 is 1.34. The van der Waals surface area contributed by atoms with Gasteiger partial charge in [0, 0.05) is 0 Å². The zero-order valence-corrected chi connectivity index (χ0v) is 11.3. The Morgan fingerprint density at radius 2 is 1.86 bits per heavy atom. The summed E-state index contributed by atoms with van der Waals surface area (Å²) in [7, 11) is 0. The van der Waals surface area contributed by atoms with Gasteiger partial charge in [0.2, 0.25) is 0 Å². The molecule has 14 heavy (non-hydrogen) atoms. The third kappa shape index (κ3) is 2.00. The summed E-state index contributed by atoms with van der Waals surface area (Å²) in [5.41, 5.74) is 5.97. The molecular weight excluding hydrogens is 206 g/mol. The molecule has 0 amide bonds. The van der Waals surface area contributed by atoms with E-state index in [9.17, 15) is 0 Å². The number of hydrogen-bond acceptors (Lipinski definition) is 1. The van der Waals surface area contributed by atoms with E-state index in [1.54, 1.807) is 0 Å². The second kappa shape index (κ2) is 4.70. The Bertz CT molecular complexity index is 323. The Morgan fingerprint density at radius 3 is 2.21 bits per heavy atom. The Balaban J connectivity index is 2.98. The molecule has 0 aromatic carbocycles. The van der Waals surface area contributed by atoms with Crippen LogP contribution in [0.5, 0.6) is 0 Å². The van der Waals surface area contributed by atoms with Crippen LogP contribution < -0.4 is 5.32 Å². The summed E-state index contributed by atoms with van der Waals surface area (Å²) in [6, 6.07) is 0. The summed E-state index contributed by atoms with van der Waals surface area (Å²) in [6.07, 6.45) is 0. The zero-order valence-electron chi connectivity index (χ0n) is 9.78. The van der Waals surface area contributed by atoms with Crippen molar-refractivity contribution in [1.82, 2.24) is 5.32 Å². The van der Waals surface area contributed by atoms with Gasteiger partial charge in [-0.3, -0.25) is 0 Å². The van der Waals surface area contributed by atoms with Crippen molar-refractivity contribution in [3.63, 3.8) is 0 Å². The molecule has 1 N–H and O–H groups in total. The fourth-order valence-electron chi connectivity index (χ4n) is 2.04. The molecule has 1 nitrogen and oxygen atoms in total. The van der Waals surface area contributed by atoms with Gasteiger partial charge in [-0.05, 0) is 0 Å². The summed E-state index contributed by atoms with van der Waals surface area (Å²) in [4.78, 5) is 0. The topological polar surface area (TPSA) is 12.0 Å². The first kappa shape index (κ1) is 12.1. The van der Waals surface area contributed by atoms with Crippen LogP contribution in [0.4, 0.5) is 0 Å². The molecule has 0 aromatic rings. The normalized spacial score (nSPS) is 22.1. The molecule has 0 saturated carbocycles. The fourth-order valence-corrected chi connectivity index (χ4v) is 2.95. The number of hydrogen-bond donors (Lipinski definition) is 1. The Labute approximate surface area is 98.6 Å². The predicted octanol–water partition coefficient (Wildman–Crippen LogP) is 2.58. The molecule has 0 spiro atoms. The monoisotopic (exact) mass is 225 g/mol. The van der Waals surface area contributed by atoms with Crippen molar-refractivity contribution >= 4 is 3.94 Å². The molecule has 1 atom stereocenters. The maximum atomic E-state index is 3.42. The predicted molar refractivity (Wildman–Crippen MR) is 58.9 cm³/mol. The van der Waals surface area contributed by atoms with Crippen LogP contribution in [0.3, 0.4) is 0 Å². The van der Waals surface area contributed by atoms with Crippen LogP contribution >= 0.6 is 0 Å². The molecule has 2 heteroatoms. The summed E-state index contributed by atoms with van der Waals surface area (Å²) in [5, 5.41) is 3.42. The molecular formula is C12H19NTi. The molecule has 1 rings (SSSR count). The third-order valence-corrected chi connectivity index (χ3v) is 3.96. The van der Waals surface area contributed by atoms with E-state index in [0.29, 0.717) is 5.92 Å². The molecule has 1 aliphatic rings. The van der Waals surface area contributed by atoms with E-state index < -0.39 is 0 Å². The molecule has 0 heterocycles. The SMILES string of the molecule is CCN[C](=[Ti])C1=C(C)C(C)=C(C)C1C. The number of nitrogens with one attached hydrogen (secondary N) is 1. The molecule has 0 fully saturated rings. The minimum atomic E-state index is 0.592. The van der Waals surface area contributed by atoms with E-state index in [1.807, 2.05) is 0 Å². The van der Waals surface area contributed by atoms with Gasteiger partial charge in [-0.2, -0.15) is 0 Å². The van der Waals surface area contributed by atoms with E-state index in [1.165, 1.54) is 26.2 Å². The van der Waals surface area contributed by atoms with Crippen LogP contribution in [0.2, 0.25) is 0 Å². The fraction of sp³-hybridized carbons (Fsp3) is 0.583. The molecule has 0 saturated heterocycles. The van der Waals surface area contributed by atoms with Crippen LogP contribution in [0, 0.1) is 5.92 Å². The number of likely N-dealkylation sites (N-methyl/N-ethyl adjacent to an activating group) is 1. The van der Waals surface area contributed by atoms with E-state index >= 15 is 0 Å². The average Bonchev–Trinajstić information content (AvgIpc) is 2.32. The Hall–Kier alpha value is 0.0243. The van der Waals surface area contributed by atoms with Crippen molar-refractivity contribution in [1.29, 1.82) is 0 Å². The van der Waals surface area contributed by atoms with E-state index in [-0.39, 0.29) is 0 Å². The first-order valence-electron chi connectivity index (χ1n) is 5.22. The van der Waals surface area contributed by atoms with Gasteiger partial charge in [0.1, 0.15) is 0 Å². The minimum absolute atomic E-state index is 0.592. The molecule has 0 aliphatic heterocycles. The van der Waals surface area contributed by atoms with Crippen LogP contribution in [-0.4, -0.2) is 10.5 Å². The third-order valence-electron chi connectivity index (χ3n) is 3.26. The van der Waals surface area contributed by atoms with E-state index in [0.717, 1.165) is 6.54 Å². The summed E-state index contributed by atoms with van der Waals surface area (Å²) in [6.45, 7) is 12.2. The van der Waals surface area contributed by atoms with Gasteiger partial charge in [0.25, 0.3) is 0 Å². The first-order valence-corrected chi connectivity index (χ1v) is 6.00. The van der Waals surface area contributed by atoms with Gasteiger partial charge in [-0.15, -0.1) is 0 Å². The van der Waals surface area contributed by atoms with Crippen molar-refractivity contribution in [3.8, 4) is 0 Å². The van der Waals surface area contributed by atoms with Crippen LogP contribution in [0.15, 0.2) is 22.3 Å². The standard InChI is InChI=1S/C12H19N.Ti/c1-6-13-7-12-10(4)8(2)9(3)11(12)5;/h10,13H,6H2,1-5H3;. The van der Waals surface area contributed by atoms with Gasteiger partial charge in [-0.25, -0.2) is 0 Å². The molecule has 0 aromatic heterocycles. The van der Waals surface area contributed by atoms with Gasteiger partial charge < -0.3 is 0 Å². The van der Waals surface area contributed by atoms with Gasteiger partial charge in [-0.1, -0.05) is 0 Å². The average molecular weight is 225 g/mol. The zero-order chi connectivity index (χ0) is 10.9.